The molecule has 0 spiro atoms. The molecule has 6 nitrogen and oxygen atoms in total. The second-order valence-corrected chi connectivity index (χ2v) is 18.9. The number of nitriles is 1. The number of aromatic nitrogens is 3. The van der Waals surface area contributed by atoms with Gasteiger partial charge in [-0.05, 0) is 131 Å². The minimum absolute atomic E-state index is 0.605. The van der Waals surface area contributed by atoms with Crippen molar-refractivity contribution in [3.05, 3.63) is 297 Å². The fourth-order valence-electron chi connectivity index (χ4n) is 10.5. The molecule has 0 N–H and O–H groups in total. The summed E-state index contributed by atoms with van der Waals surface area (Å²) in [5, 5.41) is 12.9. The van der Waals surface area contributed by atoms with Crippen LogP contribution in [0.3, 0.4) is 0 Å². The largest absolute Gasteiger partial charge is 0.310 e. The van der Waals surface area contributed by atoms with E-state index in [1.807, 2.05) is 60.7 Å². The van der Waals surface area contributed by atoms with Gasteiger partial charge in [0.05, 0.1) is 34.1 Å². The maximum absolute atomic E-state index is 10.6. The van der Waals surface area contributed by atoms with Gasteiger partial charge in [-0.2, -0.15) is 5.26 Å². The molecule has 0 atom stereocenters. The van der Waals surface area contributed by atoms with Gasteiger partial charge >= 0.3 is 0 Å². The summed E-state index contributed by atoms with van der Waals surface area (Å²) < 4.78 is 2.37. The molecule has 11 aromatic carbocycles. The van der Waals surface area contributed by atoms with E-state index in [0.717, 1.165) is 112 Å². The van der Waals surface area contributed by atoms with Crippen molar-refractivity contribution in [3.63, 3.8) is 0 Å². The maximum atomic E-state index is 10.6. The lowest BCUT2D eigenvalue weighted by Crippen LogP contribution is -2.09. The zero-order valence-corrected chi connectivity index (χ0v) is 41.9. The molecular weight excluding hydrogens is 937 g/mol. The SMILES string of the molecule is N#Cc1cc(-c2ccc(-n3c4ccc(N(c5ccccc5)c5ccccc5)cc4c4cc(N(c5ccccc5)c5ccccc5)ccc43)cc2)ccc1-c1ccc(-c2cc(-c3ccccc3)nc(-c3ccccc3)n2)cc1. The number of benzene rings is 11. The number of nitrogens with zero attached hydrogens (tertiary/aromatic N) is 6. The van der Waals surface area contributed by atoms with Gasteiger partial charge in [-0.3, -0.25) is 0 Å². The molecule has 362 valence electrons. The van der Waals surface area contributed by atoms with Gasteiger partial charge in [0.1, 0.15) is 0 Å². The van der Waals surface area contributed by atoms with Crippen LogP contribution in [0.25, 0.3) is 83.6 Å². The van der Waals surface area contributed by atoms with Gasteiger partial charge in [0.15, 0.2) is 5.82 Å². The summed E-state index contributed by atoms with van der Waals surface area (Å²) in [6.07, 6.45) is 0. The number of fused-ring (bicyclic) bond motifs is 3. The molecule has 0 radical (unpaired) electrons. The third-order valence-corrected chi connectivity index (χ3v) is 14.2. The van der Waals surface area contributed by atoms with Crippen LogP contribution in [0.1, 0.15) is 5.56 Å². The molecule has 6 heteroatoms. The molecule has 0 saturated heterocycles. The summed E-state index contributed by atoms with van der Waals surface area (Å²) in [5.74, 6) is 0.670. The average molecular weight is 985 g/mol. The predicted octanol–water partition coefficient (Wildman–Crippen LogP) is 18.7. The summed E-state index contributed by atoms with van der Waals surface area (Å²) in [6.45, 7) is 0. The summed E-state index contributed by atoms with van der Waals surface area (Å²) in [5.41, 5.74) is 18.7. The second kappa shape index (κ2) is 20.4. The van der Waals surface area contributed by atoms with E-state index in [-0.39, 0.29) is 0 Å². The van der Waals surface area contributed by atoms with Crippen molar-refractivity contribution in [2.75, 3.05) is 9.80 Å². The molecule has 0 unspecified atom stereocenters. The first kappa shape index (κ1) is 46.2. The van der Waals surface area contributed by atoms with Crippen molar-refractivity contribution in [2.45, 2.75) is 0 Å². The smallest absolute Gasteiger partial charge is 0.160 e. The van der Waals surface area contributed by atoms with Crippen molar-refractivity contribution in [1.82, 2.24) is 14.5 Å². The lowest BCUT2D eigenvalue weighted by atomic mass is 9.94. The third-order valence-electron chi connectivity index (χ3n) is 14.2. The highest BCUT2D eigenvalue weighted by molar-refractivity contribution is 6.12. The first-order valence-electron chi connectivity index (χ1n) is 25.8. The molecule has 2 heterocycles. The van der Waals surface area contributed by atoms with Gasteiger partial charge in [0.2, 0.25) is 0 Å². The van der Waals surface area contributed by atoms with Crippen LogP contribution < -0.4 is 9.80 Å². The van der Waals surface area contributed by atoms with E-state index in [1.165, 1.54) is 0 Å². The molecule has 77 heavy (non-hydrogen) atoms. The van der Waals surface area contributed by atoms with Gasteiger partial charge in [0, 0.05) is 67.3 Å². The zero-order valence-electron chi connectivity index (χ0n) is 41.9. The molecule has 0 fully saturated rings. The highest BCUT2D eigenvalue weighted by atomic mass is 15.1. The van der Waals surface area contributed by atoms with Crippen molar-refractivity contribution < 1.29 is 0 Å². The Morgan fingerprint density at radius 2 is 0.701 bits per heavy atom. The van der Waals surface area contributed by atoms with E-state index in [1.54, 1.807) is 0 Å². The monoisotopic (exact) mass is 984 g/mol. The highest BCUT2D eigenvalue weighted by Crippen LogP contribution is 2.43. The van der Waals surface area contributed by atoms with E-state index in [4.69, 9.17) is 9.97 Å². The Hall–Kier alpha value is -10.6. The van der Waals surface area contributed by atoms with Crippen LogP contribution in [-0.2, 0) is 0 Å². The summed E-state index contributed by atoms with van der Waals surface area (Å²) in [6, 6.07) is 104. The highest BCUT2D eigenvalue weighted by Gasteiger charge is 2.21. The standard InChI is InChI=1S/C71H48N6/c72-49-56-45-55(37-42-64(56)51-31-33-53(34-32-51)68-48-67(52-19-7-1-8-20-52)73-71(74-68)54-21-9-2-10-22-54)50-35-38-61(39-36-50)77-69-43-40-62(75(57-23-11-3-12-24-57)58-25-13-4-14-26-58)46-65(69)66-47-63(41-44-70(66)77)76(59-27-15-5-16-28-59)60-29-17-6-18-30-60/h1-48H. The van der Waals surface area contributed by atoms with Gasteiger partial charge < -0.3 is 14.4 Å². The Bertz CT molecular complexity index is 3960. The number of anilines is 6. The zero-order chi connectivity index (χ0) is 51.5. The second-order valence-electron chi connectivity index (χ2n) is 18.9. The molecule has 2 aromatic heterocycles. The molecular formula is C71H48N6. The van der Waals surface area contributed by atoms with Gasteiger partial charge in [-0.1, -0.05) is 182 Å². The molecule has 0 aliphatic rings. The van der Waals surface area contributed by atoms with Crippen LogP contribution in [0.2, 0.25) is 0 Å². The van der Waals surface area contributed by atoms with Gasteiger partial charge in [-0.15, -0.1) is 0 Å². The summed E-state index contributed by atoms with van der Waals surface area (Å²) in [4.78, 5) is 14.6. The molecule has 13 aromatic rings. The van der Waals surface area contributed by atoms with E-state index in [9.17, 15) is 5.26 Å². The first-order chi connectivity index (χ1) is 38.1. The fourth-order valence-corrected chi connectivity index (χ4v) is 10.5. The summed E-state index contributed by atoms with van der Waals surface area (Å²) in [7, 11) is 0. The quantitative estimate of drug-likeness (QED) is 0.122. The van der Waals surface area contributed by atoms with E-state index in [2.05, 4.69) is 251 Å². The van der Waals surface area contributed by atoms with Crippen molar-refractivity contribution in [1.29, 1.82) is 5.26 Å². The van der Waals surface area contributed by atoms with Gasteiger partial charge in [0.25, 0.3) is 0 Å². The number of hydrogen-bond acceptors (Lipinski definition) is 5. The molecule has 0 aliphatic carbocycles. The molecule has 0 bridgehead atoms. The molecule has 0 aliphatic heterocycles. The fraction of sp³-hybridized carbons (Fsp3) is 0. The third kappa shape index (κ3) is 9.05. The van der Waals surface area contributed by atoms with Crippen LogP contribution in [0.5, 0.6) is 0 Å². The molecule has 0 saturated carbocycles. The Morgan fingerprint density at radius 1 is 0.312 bits per heavy atom. The Kier molecular flexibility index (Phi) is 12.2. The van der Waals surface area contributed by atoms with E-state index < -0.39 is 0 Å². The Morgan fingerprint density at radius 3 is 1.16 bits per heavy atom. The van der Waals surface area contributed by atoms with Gasteiger partial charge in [-0.25, -0.2) is 9.97 Å². The Labute approximate surface area is 448 Å². The van der Waals surface area contributed by atoms with Crippen LogP contribution in [-0.4, -0.2) is 14.5 Å². The lowest BCUT2D eigenvalue weighted by molar-refractivity contribution is 1.18. The van der Waals surface area contributed by atoms with Crippen LogP contribution in [0, 0.1) is 11.3 Å². The van der Waals surface area contributed by atoms with Crippen molar-refractivity contribution >= 4 is 55.9 Å². The first-order valence-corrected chi connectivity index (χ1v) is 25.8. The molecule has 0 amide bonds. The van der Waals surface area contributed by atoms with Crippen LogP contribution in [0.15, 0.2) is 291 Å². The lowest BCUT2D eigenvalue weighted by Gasteiger charge is -2.26. The van der Waals surface area contributed by atoms with E-state index >= 15 is 0 Å². The van der Waals surface area contributed by atoms with Crippen LogP contribution in [0.4, 0.5) is 34.1 Å². The van der Waals surface area contributed by atoms with E-state index in [0.29, 0.717) is 11.4 Å². The topological polar surface area (TPSA) is 61.0 Å². The normalized spacial score (nSPS) is 11.1. The number of hydrogen-bond donors (Lipinski definition) is 0. The van der Waals surface area contributed by atoms with Crippen molar-refractivity contribution in [3.8, 4) is 67.9 Å². The maximum Gasteiger partial charge on any atom is 0.160 e. The number of para-hydroxylation sites is 4. The Balaban J connectivity index is 0.865. The minimum Gasteiger partial charge on any atom is -0.310 e. The minimum atomic E-state index is 0.605. The molecule has 13 rings (SSSR count). The van der Waals surface area contributed by atoms with Crippen molar-refractivity contribution in [2.24, 2.45) is 0 Å². The summed E-state index contributed by atoms with van der Waals surface area (Å²) >= 11 is 0. The average Bonchev–Trinajstić information content (AvgIpc) is 3.96. The predicted molar refractivity (Wildman–Crippen MR) is 318 cm³/mol. The number of rotatable bonds is 12. The van der Waals surface area contributed by atoms with Crippen LogP contribution >= 0.6 is 0 Å².